The molecule has 4 heterocycles. The Hall–Kier alpha value is -4.90. The van der Waals surface area contributed by atoms with E-state index in [4.69, 9.17) is 14.2 Å². The summed E-state index contributed by atoms with van der Waals surface area (Å²) in [6.07, 6.45) is 4.87. The van der Waals surface area contributed by atoms with Gasteiger partial charge in [0, 0.05) is 38.8 Å². The van der Waals surface area contributed by atoms with E-state index in [2.05, 4.69) is 24.8 Å². The number of benzene rings is 2. The summed E-state index contributed by atoms with van der Waals surface area (Å²) >= 11 is 0. The number of halogens is 1. The fourth-order valence-electron chi connectivity index (χ4n) is 4.50. The molecule has 0 spiro atoms. The van der Waals surface area contributed by atoms with Crippen molar-refractivity contribution in [2.45, 2.75) is 6.42 Å². The maximum absolute atomic E-state index is 13.2. The van der Waals surface area contributed by atoms with Crippen molar-refractivity contribution in [3.8, 4) is 34.4 Å². The minimum atomic E-state index is -0.311. The zero-order chi connectivity index (χ0) is 28.3. The molecule has 5 aromatic rings. The van der Waals surface area contributed by atoms with E-state index in [1.54, 1.807) is 31.3 Å². The van der Waals surface area contributed by atoms with Crippen LogP contribution in [-0.4, -0.2) is 62.8 Å². The Morgan fingerprint density at radius 2 is 1.66 bits per heavy atom. The Morgan fingerprint density at radius 3 is 2.39 bits per heavy atom. The second-order valence-corrected chi connectivity index (χ2v) is 9.73. The molecule has 0 amide bonds. The highest BCUT2D eigenvalue weighted by atomic mass is 19.1. The molecule has 3 aromatic heterocycles. The van der Waals surface area contributed by atoms with E-state index in [9.17, 15) is 9.18 Å². The van der Waals surface area contributed by atoms with Crippen LogP contribution in [-0.2, 0) is 13.5 Å². The lowest BCUT2D eigenvalue weighted by atomic mass is 10.1. The Morgan fingerprint density at radius 1 is 0.902 bits per heavy atom. The van der Waals surface area contributed by atoms with Crippen LogP contribution in [0.5, 0.6) is 23.1 Å². The molecule has 0 atom stereocenters. The Labute approximate surface area is 235 Å². The van der Waals surface area contributed by atoms with Gasteiger partial charge in [0.05, 0.1) is 28.4 Å². The molecule has 0 saturated carbocycles. The van der Waals surface area contributed by atoms with Crippen LogP contribution in [0, 0.1) is 5.82 Å². The quantitative estimate of drug-likeness (QED) is 0.319. The standard InChI is InChI=1S/C30H27FN6O4/c1-36-9-11-39-26-14-22-25(15-27(26)40-12-10-36)34-18-35-29(22)41-21-7-8-24(32-16-21)23-17-33-28(37(2)30(23)38)13-19-3-5-20(31)6-4-19/h3-8,14-18H,9-13H2,1-2H3. The van der Waals surface area contributed by atoms with Gasteiger partial charge in [-0.25, -0.2) is 19.3 Å². The summed E-state index contributed by atoms with van der Waals surface area (Å²) in [7, 11) is 3.68. The summed E-state index contributed by atoms with van der Waals surface area (Å²) in [5.41, 5.74) is 2.09. The van der Waals surface area contributed by atoms with Gasteiger partial charge in [0.2, 0.25) is 5.88 Å². The second kappa shape index (κ2) is 11.3. The molecule has 0 radical (unpaired) electrons. The van der Waals surface area contributed by atoms with Gasteiger partial charge in [-0.05, 0) is 42.9 Å². The van der Waals surface area contributed by atoms with E-state index in [-0.39, 0.29) is 11.4 Å². The number of nitrogens with zero attached hydrogens (tertiary/aromatic N) is 6. The van der Waals surface area contributed by atoms with E-state index in [0.717, 1.165) is 18.7 Å². The van der Waals surface area contributed by atoms with Crippen LogP contribution in [0.4, 0.5) is 4.39 Å². The molecule has 208 valence electrons. The fraction of sp³-hybridized carbons (Fsp3) is 0.233. The summed E-state index contributed by atoms with van der Waals surface area (Å²) in [6, 6.07) is 13.2. The van der Waals surface area contributed by atoms with Gasteiger partial charge in [-0.3, -0.25) is 19.2 Å². The molecule has 0 saturated heterocycles. The molecule has 6 rings (SSSR count). The highest BCUT2D eigenvalue weighted by molar-refractivity contribution is 5.87. The minimum Gasteiger partial charge on any atom is -0.488 e. The van der Waals surface area contributed by atoms with Crippen LogP contribution in [0.2, 0.25) is 0 Å². The van der Waals surface area contributed by atoms with Crippen LogP contribution >= 0.6 is 0 Å². The van der Waals surface area contributed by atoms with Gasteiger partial charge in [0.25, 0.3) is 5.56 Å². The highest BCUT2D eigenvalue weighted by Crippen LogP contribution is 2.36. The van der Waals surface area contributed by atoms with Gasteiger partial charge in [0.15, 0.2) is 11.5 Å². The molecule has 1 aliphatic rings. The summed E-state index contributed by atoms with van der Waals surface area (Å²) < 4.78 is 32.7. The number of aromatic nitrogens is 5. The molecular weight excluding hydrogens is 527 g/mol. The van der Waals surface area contributed by atoms with Crippen molar-refractivity contribution in [1.82, 2.24) is 29.4 Å². The van der Waals surface area contributed by atoms with Gasteiger partial charge in [-0.15, -0.1) is 0 Å². The normalized spacial score (nSPS) is 13.8. The smallest absolute Gasteiger partial charge is 0.262 e. The Kier molecular flexibility index (Phi) is 7.26. The summed E-state index contributed by atoms with van der Waals surface area (Å²) in [6.45, 7) is 2.64. The number of hydrogen-bond donors (Lipinski definition) is 0. The molecule has 0 aliphatic carbocycles. The molecular formula is C30H27FN6O4. The van der Waals surface area contributed by atoms with Crippen LogP contribution in [0.15, 0.2) is 72.0 Å². The molecule has 1 aliphatic heterocycles. The lowest BCUT2D eigenvalue weighted by Crippen LogP contribution is -2.27. The van der Waals surface area contributed by atoms with E-state index in [0.29, 0.717) is 70.7 Å². The zero-order valence-electron chi connectivity index (χ0n) is 22.6. The van der Waals surface area contributed by atoms with Crippen molar-refractivity contribution < 1.29 is 18.6 Å². The molecule has 0 bridgehead atoms. The molecule has 0 N–H and O–H groups in total. The number of ether oxygens (including phenoxy) is 3. The van der Waals surface area contributed by atoms with Crippen molar-refractivity contribution >= 4 is 10.9 Å². The van der Waals surface area contributed by atoms with Crippen molar-refractivity contribution in [3.05, 3.63) is 94.8 Å². The van der Waals surface area contributed by atoms with Gasteiger partial charge in [-0.1, -0.05) is 12.1 Å². The largest absolute Gasteiger partial charge is 0.488 e. The average molecular weight is 555 g/mol. The monoisotopic (exact) mass is 554 g/mol. The van der Waals surface area contributed by atoms with E-state index >= 15 is 0 Å². The maximum Gasteiger partial charge on any atom is 0.262 e. The number of likely N-dealkylation sites (N-methyl/N-ethyl adjacent to an activating group) is 1. The van der Waals surface area contributed by atoms with Crippen LogP contribution in [0.1, 0.15) is 11.4 Å². The molecule has 11 heteroatoms. The third-order valence-corrected chi connectivity index (χ3v) is 6.89. The lowest BCUT2D eigenvalue weighted by Gasteiger charge is -2.13. The number of hydrogen-bond acceptors (Lipinski definition) is 9. The third-order valence-electron chi connectivity index (χ3n) is 6.89. The summed E-state index contributed by atoms with van der Waals surface area (Å²) in [4.78, 5) is 32.9. The van der Waals surface area contributed by atoms with Crippen LogP contribution in [0.3, 0.4) is 0 Å². The van der Waals surface area contributed by atoms with Crippen LogP contribution in [0.25, 0.3) is 22.2 Å². The first-order valence-corrected chi connectivity index (χ1v) is 13.1. The van der Waals surface area contributed by atoms with Gasteiger partial charge in [-0.2, -0.15) is 0 Å². The fourth-order valence-corrected chi connectivity index (χ4v) is 4.50. The molecule has 0 fully saturated rings. The first-order chi connectivity index (χ1) is 19.9. The third kappa shape index (κ3) is 5.71. The molecule has 41 heavy (non-hydrogen) atoms. The Bertz CT molecular complexity index is 1760. The molecule has 2 aromatic carbocycles. The van der Waals surface area contributed by atoms with Gasteiger partial charge >= 0.3 is 0 Å². The summed E-state index contributed by atoms with van der Waals surface area (Å²) in [5.74, 6) is 2.26. The average Bonchev–Trinajstić information content (AvgIpc) is 3.06. The predicted octanol–water partition coefficient (Wildman–Crippen LogP) is 4.01. The first kappa shape index (κ1) is 26.3. The number of fused-ring (bicyclic) bond motifs is 2. The molecule has 0 unspecified atom stereocenters. The highest BCUT2D eigenvalue weighted by Gasteiger charge is 2.17. The zero-order valence-corrected chi connectivity index (χ0v) is 22.6. The maximum atomic E-state index is 13.2. The predicted molar refractivity (Wildman–Crippen MR) is 150 cm³/mol. The topological polar surface area (TPSA) is 104 Å². The first-order valence-electron chi connectivity index (χ1n) is 13.1. The number of pyridine rings is 1. The Balaban J connectivity index is 1.23. The second-order valence-electron chi connectivity index (χ2n) is 9.73. The van der Waals surface area contributed by atoms with Crippen molar-refractivity contribution in [1.29, 1.82) is 0 Å². The van der Waals surface area contributed by atoms with Gasteiger partial charge in [0.1, 0.15) is 36.9 Å². The van der Waals surface area contributed by atoms with E-state index in [1.807, 2.05) is 19.2 Å². The summed E-state index contributed by atoms with van der Waals surface area (Å²) in [5, 5.41) is 0.668. The van der Waals surface area contributed by atoms with Crippen LogP contribution < -0.4 is 19.8 Å². The van der Waals surface area contributed by atoms with Crippen molar-refractivity contribution in [2.75, 3.05) is 33.4 Å². The van der Waals surface area contributed by atoms with E-state index < -0.39 is 0 Å². The number of rotatable bonds is 5. The van der Waals surface area contributed by atoms with E-state index in [1.165, 1.54) is 35.4 Å². The van der Waals surface area contributed by atoms with Crippen molar-refractivity contribution in [3.63, 3.8) is 0 Å². The SMILES string of the molecule is CN1CCOc2cc3ncnc(Oc4ccc(-c5cnc(Cc6ccc(F)cc6)n(C)c5=O)nc4)c3cc2OCC1. The lowest BCUT2D eigenvalue weighted by molar-refractivity contribution is 0.228. The van der Waals surface area contributed by atoms with Crippen molar-refractivity contribution in [2.24, 2.45) is 7.05 Å². The molecule has 10 nitrogen and oxygen atoms in total. The minimum absolute atomic E-state index is 0.235. The van der Waals surface area contributed by atoms with Gasteiger partial charge < -0.3 is 14.2 Å².